The Labute approximate surface area is 84.8 Å². The zero-order chi connectivity index (χ0) is 10.7. The van der Waals surface area contributed by atoms with E-state index in [-0.39, 0.29) is 0 Å². The van der Waals surface area contributed by atoms with E-state index in [1.807, 2.05) is 6.92 Å². The van der Waals surface area contributed by atoms with Gasteiger partial charge >= 0.3 is 0 Å². The molecule has 0 aromatic carbocycles. The van der Waals surface area contributed by atoms with E-state index in [4.69, 9.17) is 4.74 Å². The maximum Gasteiger partial charge on any atom is 0.236 e. The fourth-order valence-corrected chi connectivity index (χ4v) is 1.13. The highest BCUT2D eigenvalue weighted by Gasteiger charge is 2.11. The molecule has 0 saturated heterocycles. The van der Waals surface area contributed by atoms with E-state index in [0.717, 1.165) is 17.0 Å². The molecule has 1 aromatic rings. The summed E-state index contributed by atoms with van der Waals surface area (Å²) in [6.07, 6.45) is 1.74. The van der Waals surface area contributed by atoms with Crippen molar-refractivity contribution >= 4 is 5.57 Å². The van der Waals surface area contributed by atoms with Crippen molar-refractivity contribution in [1.82, 2.24) is 9.97 Å². The van der Waals surface area contributed by atoms with Crippen LogP contribution in [0.2, 0.25) is 0 Å². The number of nitrogens with zero attached hydrogens (tertiary/aromatic N) is 2. The second-order valence-electron chi connectivity index (χ2n) is 3.58. The van der Waals surface area contributed by atoms with Gasteiger partial charge in [-0.15, -0.1) is 0 Å². The van der Waals surface area contributed by atoms with Crippen molar-refractivity contribution in [2.75, 3.05) is 7.11 Å². The summed E-state index contributed by atoms with van der Waals surface area (Å²) in [5, 5.41) is 0. The van der Waals surface area contributed by atoms with Crippen LogP contribution >= 0.6 is 0 Å². The van der Waals surface area contributed by atoms with Crippen molar-refractivity contribution < 1.29 is 4.74 Å². The first-order chi connectivity index (χ1) is 6.56. The Balaban J connectivity index is 3.18. The van der Waals surface area contributed by atoms with Gasteiger partial charge in [-0.05, 0) is 12.5 Å². The standard InChI is InChI=1S/C11H16N2O/c1-7(2)9-6-12-10(8(3)4)11(13-9)14-5/h6,8H,1H2,2-5H3. The van der Waals surface area contributed by atoms with E-state index < -0.39 is 0 Å². The lowest BCUT2D eigenvalue weighted by Gasteiger charge is -2.10. The number of hydrogen-bond acceptors (Lipinski definition) is 3. The monoisotopic (exact) mass is 192 g/mol. The second kappa shape index (κ2) is 4.22. The highest BCUT2D eigenvalue weighted by Crippen LogP contribution is 2.23. The van der Waals surface area contributed by atoms with Crippen molar-refractivity contribution in [3.05, 3.63) is 24.2 Å². The number of aromatic nitrogens is 2. The lowest BCUT2D eigenvalue weighted by molar-refractivity contribution is 0.386. The molecule has 0 fully saturated rings. The van der Waals surface area contributed by atoms with Gasteiger partial charge in [0.25, 0.3) is 0 Å². The summed E-state index contributed by atoms with van der Waals surface area (Å²) in [7, 11) is 1.61. The molecule has 0 unspecified atom stereocenters. The van der Waals surface area contributed by atoms with E-state index >= 15 is 0 Å². The Hall–Kier alpha value is -1.38. The molecule has 0 bridgehead atoms. The molecule has 1 heterocycles. The average molecular weight is 192 g/mol. The Kier molecular flexibility index (Phi) is 3.23. The first kappa shape index (κ1) is 10.7. The molecule has 0 spiro atoms. The lowest BCUT2D eigenvalue weighted by atomic mass is 10.1. The fourth-order valence-electron chi connectivity index (χ4n) is 1.13. The quantitative estimate of drug-likeness (QED) is 0.738. The molecule has 3 heteroatoms. The molecule has 1 rings (SSSR count). The number of hydrogen-bond donors (Lipinski definition) is 0. The molecule has 0 N–H and O–H groups in total. The van der Waals surface area contributed by atoms with Crippen LogP contribution in [0.15, 0.2) is 12.8 Å². The third-order valence-corrected chi connectivity index (χ3v) is 1.94. The molecule has 0 aliphatic carbocycles. The van der Waals surface area contributed by atoms with Crippen LogP contribution in [0.3, 0.4) is 0 Å². The number of ether oxygens (including phenoxy) is 1. The Morgan fingerprint density at radius 3 is 2.57 bits per heavy atom. The van der Waals surface area contributed by atoms with Gasteiger partial charge in [0.05, 0.1) is 19.0 Å². The molecule has 0 radical (unpaired) electrons. The minimum Gasteiger partial charge on any atom is -0.480 e. The summed E-state index contributed by atoms with van der Waals surface area (Å²) in [5.41, 5.74) is 2.56. The third-order valence-electron chi connectivity index (χ3n) is 1.94. The van der Waals surface area contributed by atoms with Gasteiger partial charge in [0, 0.05) is 5.92 Å². The van der Waals surface area contributed by atoms with Crippen LogP contribution in [0.1, 0.15) is 38.1 Å². The molecular formula is C11H16N2O. The summed E-state index contributed by atoms with van der Waals surface area (Å²) in [4.78, 5) is 8.65. The van der Waals surface area contributed by atoms with Crippen molar-refractivity contribution in [2.24, 2.45) is 0 Å². The molecule has 76 valence electrons. The molecular weight excluding hydrogens is 176 g/mol. The van der Waals surface area contributed by atoms with Crippen LogP contribution in [0.5, 0.6) is 5.88 Å². The normalized spacial score (nSPS) is 10.4. The van der Waals surface area contributed by atoms with Crippen LogP contribution in [0, 0.1) is 0 Å². The SMILES string of the molecule is C=C(C)c1cnc(C(C)C)c(OC)n1. The smallest absolute Gasteiger partial charge is 0.236 e. The summed E-state index contributed by atoms with van der Waals surface area (Å²) < 4.78 is 5.18. The summed E-state index contributed by atoms with van der Waals surface area (Å²) in [6.45, 7) is 9.84. The van der Waals surface area contributed by atoms with Crippen molar-refractivity contribution in [3.8, 4) is 5.88 Å². The molecule has 0 aliphatic rings. The van der Waals surface area contributed by atoms with Crippen molar-refractivity contribution in [3.63, 3.8) is 0 Å². The van der Waals surface area contributed by atoms with Crippen LogP contribution < -0.4 is 4.74 Å². The zero-order valence-corrected chi connectivity index (χ0v) is 9.16. The van der Waals surface area contributed by atoms with E-state index in [1.165, 1.54) is 0 Å². The second-order valence-corrected chi connectivity index (χ2v) is 3.58. The fraction of sp³-hybridized carbons (Fsp3) is 0.455. The van der Waals surface area contributed by atoms with Gasteiger partial charge in [0.2, 0.25) is 5.88 Å². The molecule has 0 aliphatic heterocycles. The van der Waals surface area contributed by atoms with E-state index in [2.05, 4.69) is 30.4 Å². The van der Waals surface area contributed by atoms with Gasteiger partial charge in [0.1, 0.15) is 5.69 Å². The Bertz CT molecular complexity index is 345. The molecule has 14 heavy (non-hydrogen) atoms. The van der Waals surface area contributed by atoms with Gasteiger partial charge in [-0.3, -0.25) is 4.98 Å². The largest absolute Gasteiger partial charge is 0.480 e. The minimum absolute atomic E-state index is 0.316. The Morgan fingerprint density at radius 1 is 1.50 bits per heavy atom. The van der Waals surface area contributed by atoms with Crippen LogP contribution in [-0.2, 0) is 0 Å². The van der Waals surface area contributed by atoms with E-state index in [9.17, 15) is 0 Å². The molecule has 0 atom stereocenters. The topological polar surface area (TPSA) is 35.0 Å². The maximum atomic E-state index is 5.18. The number of rotatable bonds is 3. The first-order valence-corrected chi connectivity index (χ1v) is 4.63. The van der Waals surface area contributed by atoms with Crippen molar-refractivity contribution in [1.29, 1.82) is 0 Å². The summed E-state index contributed by atoms with van der Waals surface area (Å²) >= 11 is 0. The maximum absolute atomic E-state index is 5.18. The van der Waals surface area contributed by atoms with Crippen LogP contribution in [0.25, 0.3) is 5.57 Å². The van der Waals surface area contributed by atoms with Gasteiger partial charge in [-0.2, -0.15) is 0 Å². The Morgan fingerprint density at radius 2 is 2.14 bits per heavy atom. The van der Waals surface area contributed by atoms with Gasteiger partial charge in [-0.25, -0.2) is 4.98 Å². The van der Waals surface area contributed by atoms with Crippen LogP contribution in [-0.4, -0.2) is 17.1 Å². The summed E-state index contributed by atoms with van der Waals surface area (Å²) in [5.74, 6) is 0.914. The predicted octanol–water partition coefficient (Wildman–Crippen LogP) is 2.64. The molecule has 0 amide bonds. The zero-order valence-electron chi connectivity index (χ0n) is 9.16. The van der Waals surface area contributed by atoms with Crippen molar-refractivity contribution in [2.45, 2.75) is 26.7 Å². The predicted molar refractivity (Wildman–Crippen MR) is 57.4 cm³/mol. The highest BCUT2D eigenvalue weighted by molar-refractivity contribution is 5.57. The minimum atomic E-state index is 0.316. The lowest BCUT2D eigenvalue weighted by Crippen LogP contribution is -2.02. The molecule has 1 aromatic heterocycles. The molecule has 3 nitrogen and oxygen atoms in total. The molecule has 0 saturated carbocycles. The highest BCUT2D eigenvalue weighted by atomic mass is 16.5. The first-order valence-electron chi connectivity index (χ1n) is 4.63. The average Bonchev–Trinajstić information content (AvgIpc) is 2.16. The van der Waals surface area contributed by atoms with Gasteiger partial charge in [0.15, 0.2) is 0 Å². The third kappa shape index (κ3) is 2.10. The summed E-state index contributed by atoms with van der Waals surface area (Å²) in [6, 6.07) is 0. The number of allylic oxidation sites excluding steroid dienone is 1. The van der Waals surface area contributed by atoms with Crippen LogP contribution in [0.4, 0.5) is 0 Å². The van der Waals surface area contributed by atoms with Gasteiger partial charge in [-0.1, -0.05) is 20.4 Å². The van der Waals surface area contributed by atoms with Gasteiger partial charge < -0.3 is 4.74 Å². The number of methoxy groups -OCH3 is 1. The van der Waals surface area contributed by atoms with E-state index in [0.29, 0.717) is 11.8 Å². The van der Waals surface area contributed by atoms with E-state index in [1.54, 1.807) is 13.3 Å².